The number of benzene rings is 1. The molecule has 0 saturated carbocycles. The molecule has 1 aromatic heterocycles. The summed E-state index contributed by atoms with van der Waals surface area (Å²) in [5.74, 6) is -0.0311. The van der Waals surface area contributed by atoms with E-state index in [-0.39, 0.29) is 24.4 Å². The summed E-state index contributed by atoms with van der Waals surface area (Å²) in [5, 5.41) is 3.84. The topological polar surface area (TPSA) is 77.7 Å². The second-order valence-electron chi connectivity index (χ2n) is 7.72. The Bertz CT molecular complexity index is 876. The molecule has 2 fully saturated rings. The molecule has 2 saturated heterocycles. The van der Waals surface area contributed by atoms with Crippen molar-refractivity contribution in [2.24, 2.45) is 0 Å². The largest absolute Gasteiger partial charge is 0.372 e. The quantitative estimate of drug-likeness (QED) is 0.769. The maximum absolute atomic E-state index is 13.4. The number of nitrogens with zero attached hydrogens (tertiary/aromatic N) is 2. The Hall–Kier alpha value is -2.61. The van der Waals surface area contributed by atoms with Crippen LogP contribution in [-0.4, -0.2) is 72.7 Å². The van der Waals surface area contributed by atoms with Crippen LogP contribution in [0.2, 0.25) is 0 Å². The molecule has 4 rings (SSSR count). The number of carbonyl (C=O) groups excluding carboxylic acids is 2. The van der Waals surface area contributed by atoms with Crippen molar-refractivity contribution in [2.75, 3.05) is 45.9 Å². The molecular weight excluding hydrogens is 375 g/mol. The van der Waals surface area contributed by atoms with Crippen LogP contribution in [0.1, 0.15) is 30.7 Å². The smallest absolute Gasteiger partial charge is 0.320 e. The lowest BCUT2D eigenvalue weighted by Gasteiger charge is -2.36. The van der Waals surface area contributed by atoms with Crippen molar-refractivity contribution in [1.29, 1.82) is 0 Å². The number of hydrogen-bond donors (Lipinski definition) is 2. The van der Waals surface area contributed by atoms with Crippen LogP contribution >= 0.6 is 0 Å². The summed E-state index contributed by atoms with van der Waals surface area (Å²) >= 11 is 0. The Morgan fingerprint density at radius 1 is 1.14 bits per heavy atom. The van der Waals surface area contributed by atoms with Crippen molar-refractivity contribution >= 4 is 22.8 Å². The number of aromatic amines is 1. The van der Waals surface area contributed by atoms with E-state index in [4.69, 9.17) is 4.74 Å². The third kappa shape index (κ3) is 4.53. The first-order valence-electron chi connectivity index (χ1n) is 10.3. The molecule has 0 radical (unpaired) electrons. The van der Waals surface area contributed by atoms with E-state index in [1.807, 2.05) is 22.1 Å². The van der Waals surface area contributed by atoms with Crippen LogP contribution in [-0.2, 0) is 9.53 Å². The zero-order chi connectivity index (χ0) is 20.2. The van der Waals surface area contributed by atoms with Crippen molar-refractivity contribution in [1.82, 2.24) is 20.1 Å². The lowest BCUT2D eigenvalue weighted by atomic mass is 9.89. The van der Waals surface area contributed by atoms with E-state index in [9.17, 15) is 14.0 Å². The number of halogens is 1. The first-order valence-corrected chi connectivity index (χ1v) is 10.3. The minimum absolute atomic E-state index is 0.0271. The van der Waals surface area contributed by atoms with Crippen molar-refractivity contribution in [2.45, 2.75) is 25.2 Å². The second kappa shape index (κ2) is 8.82. The van der Waals surface area contributed by atoms with Crippen molar-refractivity contribution in [3.63, 3.8) is 0 Å². The van der Waals surface area contributed by atoms with E-state index in [2.05, 4.69) is 10.3 Å². The van der Waals surface area contributed by atoms with Gasteiger partial charge in [-0.3, -0.25) is 4.79 Å². The van der Waals surface area contributed by atoms with Crippen LogP contribution < -0.4 is 5.32 Å². The van der Waals surface area contributed by atoms with Crippen molar-refractivity contribution < 1.29 is 18.7 Å². The number of piperidine rings is 1. The standard InChI is InChI=1S/C21H27FN4O3/c22-16-2-3-17-18(13-24-19(17)12-16)15-4-8-26(9-5-15)21(28)25-7-1-11-29-14-20(27)23-6-10-25/h2-3,12-13,15,24H,1,4-11,14H2,(H,23,27). The number of ether oxygens (including phenoxy) is 1. The highest BCUT2D eigenvalue weighted by atomic mass is 19.1. The molecule has 0 unspecified atom stereocenters. The molecule has 1 aromatic carbocycles. The predicted octanol–water partition coefficient (Wildman–Crippen LogP) is 2.44. The molecule has 0 bridgehead atoms. The minimum Gasteiger partial charge on any atom is -0.372 e. The Kier molecular flexibility index (Phi) is 5.99. The van der Waals surface area contributed by atoms with Crippen molar-refractivity contribution in [3.05, 3.63) is 35.8 Å². The summed E-state index contributed by atoms with van der Waals surface area (Å²) in [6.07, 6.45) is 4.45. The van der Waals surface area contributed by atoms with Crippen LogP contribution in [0.25, 0.3) is 10.9 Å². The molecule has 29 heavy (non-hydrogen) atoms. The first-order chi connectivity index (χ1) is 14.1. The number of nitrogens with one attached hydrogen (secondary N) is 2. The molecule has 2 N–H and O–H groups in total. The number of fused-ring (bicyclic) bond motifs is 1. The lowest BCUT2D eigenvalue weighted by molar-refractivity contribution is -0.126. The normalized spacial score (nSPS) is 20.0. The molecule has 2 aromatic rings. The molecule has 0 atom stereocenters. The fourth-order valence-electron chi connectivity index (χ4n) is 4.25. The van der Waals surface area contributed by atoms with Crippen LogP contribution in [0, 0.1) is 5.82 Å². The van der Waals surface area contributed by atoms with Gasteiger partial charge in [-0.05, 0) is 48.9 Å². The highest BCUT2D eigenvalue weighted by Gasteiger charge is 2.28. The van der Waals surface area contributed by atoms with E-state index >= 15 is 0 Å². The number of amides is 3. The third-order valence-corrected chi connectivity index (χ3v) is 5.81. The monoisotopic (exact) mass is 402 g/mol. The second-order valence-corrected chi connectivity index (χ2v) is 7.72. The van der Waals surface area contributed by atoms with E-state index < -0.39 is 0 Å². The van der Waals surface area contributed by atoms with Gasteiger partial charge in [-0.2, -0.15) is 0 Å². The summed E-state index contributed by atoms with van der Waals surface area (Å²) in [7, 11) is 0. The number of rotatable bonds is 1. The zero-order valence-electron chi connectivity index (χ0n) is 16.5. The number of hydrogen-bond acceptors (Lipinski definition) is 3. The highest BCUT2D eigenvalue weighted by Crippen LogP contribution is 2.33. The Labute approximate surface area is 169 Å². The summed E-state index contributed by atoms with van der Waals surface area (Å²) in [5.41, 5.74) is 2.02. The molecule has 3 amide bonds. The van der Waals surface area contributed by atoms with Crippen LogP contribution in [0.5, 0.6) is 0 Å². The van der Waals surface area contributed by atoms with Gasteiger partial charge in [-0.25, -0.2) is 9.18 Å². The Balaban J connectivity index is 1.36. The van der Waals surface area contributed by atoms with Crippen LogP contribution in [0.3, 0.4) is 0 Å². The third-order valence-electron chi connectivity index (χ3n) is 5.81. The number of aromatic nitrogens is 1. The number of urea groups is 1. The Morgan fingerprint density at radius 3 is 2.76 bits per heavy atom. The van der Waals surface area contributed by atoms with Crippen LogP contribution in [0.4, 0.5) is 9.18 Å². The summed E-state index contributed by atoms with van der Waals surface area (Å²) in [6, 6.07) is 4.87. The number of likely N-dealkylation sites (tertiary alicyclic amines) is 1. The van der Waals surface area contributed by atoms with E-state index in [1.54, 1.807) is 0 Å². The molecule has 0 spiro atoms. The highest BCUT2D eigenvalue weighted by molar-refractivity contribution is 5.84. The summed E-state index contributed by atoms with van der Waals surface area (Å²) in [6.45, 7) is 3.52. The summed E-state index contributed by atoms with van der Waals surface area (Å²) in [4.78, 5) is 31.4. The summed E-state index contributed by atoms with van der Waals surface area (Å²) < 4.78 is 18.7. The lowest BCUT2D eigenvalue weighted by Crippen LogP contribution is -2.49. The maximum atomic E-state index is 13.4. The maximum Gasteiger partial charge on any atom is 0.320 e. The number of carbonyl (C=O) groups is 2. The molecule has 7 nitrogen and oxygen atoms in total. The predicted molar refractivity (Wildman–Crippen MR) is 107 cm³/mol. The van der Waals surface area contributed by atoms with Crippen LogP contribution in [0.15, 0.2) is 24.4 Å². The average molecular weight is 402 g/mol. The van der Waals surface area contributed by atoms with E-state index in [0.29, 0.717) is 45.2 Å². The van der Waals surface area contributed by atoms with Gasteiger partial charge in [0, 0.05) is 56.4 Å². The Morgan fingerprint density at radius 2 is 1.93 bits per heavy atom. The van der Waals surface area contributed by atoms with Gasteiger partial charge in [0.05, 0.1) is 0 Å². The molecule has 0 aliphatic carbocycles. The van der Waals surface area contributed by atoms with Crippen molar-refractivity contribution in [3.8, 4) is 0 Å². The number of H-pyrrole nitrogens is 1. The molecule has 3 heterocycles. The van der Waals surface area contributed by atoms with Gasteiger partial charge in [0.2, 0.25) is 5.91 Å². The van der Waals surface area contributed by atoms with E-state index in [1.165, 1.54) is 17.7 Å². The molecule has 2 aliphatic rings. The van der Waals surface area contributed by atoms with E-state index in [0.717, 1.165) is 30.2 Å². The van der Waals surface area contributed by atoms with Gasteiger partial charge < -0.3 is 24.8 Å². The molecule has 156 valence electrons. The first kappa shape index (κ1) is 19.7. The minimum atomic E-state index is -0.243. The average Bonchev–Trinajstić information content (AvgIpc) is 3.15. The van der Waals surface area contributed by atoms with Gasteiger partial charge in [0.1, 0.15) is 12.4 Å². The fourth-order valence-corrected chi connectivity index (χ4v) is 4.25. The van der Waals surface area contributed by atoms with Gasteiger partial charge >= 0.3 is 6.03 Å². The molecule has 8 heteroatoms. The fraction of sp³-hybridized carbons (Fsp3) is 0.524. The van der Waals surface area contributed by atoms with Gasteiger partial charge in [-0.1, -0.05) is 0 Å². The molecule has 2 aliphatic heterocycles. The van der Waals surface area contributed by atoms with Gasteiger partial charge in [0.25, 0.3) is 0 Å². The van der Waals surface area contributed by atoms with Gasteiger partial charge in [-0.15, -0.1) is 0 Å². The molecular formula is C21H27FN4O3. The SMILES string of the molecule is O=C1COCCCN(C(=O)N2CCC(c3c[nH]c4cc(F)ccc34)CC2)CCN1. The zero-order valence-corrected chi connectivity index (χ0v) is 16.5. The van der Waals surface area contributed by atoms with Gasteiger partial charge in [0.15, 0.2) is 0 Å².